The zero-order valence-corrected chi connectivity index (χ0v) is 8.80. The summed E-state index contributed by atoms with van der Waals surface area (Å²) in [7, 11) is 2.08. The van der Waals surface area contributed by atoms with Gasteiger partial charge in [0.2, 0.25) is 5.91 Å². The summed E-state index contributed by atoms with van der Waals surface area (Å²) < 4.78 is 13.0. The van der Waals surface area contributed by atoms with Gasteiger partial charge in [-0.2, -0.15) is 0 Å². The van der Waals surface area contributed by atoms with Crippen molar-refractivity contribution in [3.63, 3.8) is 0 Å². The molecule has 0 heterocycles. The average molecular weight is 191 g/mol. The Hall–Kier alpha value is -0.170. The highest BCUT2D eigenvalue weighted by molar-refractivity contribution is 7.19. The number of carbonyl (C=O) groups excluding carboxylic acids is 1. The van der Waals surface area contributed by atoms with Crippen molar-refractivity contribution in [2.45, 2.75) is 38.1 Å². The average Bonchev–Trinajstić information content (AvgIpc) is 2.35. The van der Waals surface area contributed by atoms with Gasteiger partial charge in [0.25, 0.3) is 0 Å². The Morgan fingerprint density at radius 2 is 2.08 bits per heavy atom. The summed E-state index contributed by atoms with van der Waals surface area (Å²) in [6.07, 6.45) is 0.333. The zero-order chi connectivity index (χ0) is 9.57. The Balaban J connectivity index is 2.42. The predicted octanol–water partition coefficient (Wildman–Crippen LogP) is 1.46. The number of alkyl halides is 1. The summed E-state index contributed by atoms with van der Waals surface area (Å²) in [6.45, 7) is 5.65. The maximum atomic E-state index is 13.0. The molecule has 0 radical (unpaired) electrons. The second-order valence-electron chi connectivity index (χ2n) is 4.42. The highest BCUT2D eigenvalue weighted by atomic mass is 31.0. The Bertz CT molecular complexity index is 210. The lowest BCUT2D eigenvalue weighted by molar-refractivity contribution is -0.124. The van der Waals surface area contributed by atoms with E-state index in [9.17, 15) is 9.18 Å². The van der Waals surface area contributed by atoms with Crippen LogP contribution in [-0.2, 0) is 4.79 Å². The molecule has 3 unspecified atom stereocenters. The van der Waals surface area contributed by atoms with Gasteiger partial charge in [-0.3, -0.25) is 4.79 Å². The molecule has 0 bridgehead atoms. The minimum absolute atomic E-state index is 0.181. The molecular weight excluding hydrogens is 176 g/mol. The van der Waals surface area contributed by atoms with Crippen LogP contribution in [0.25, 0.3) is 0 Å². The third-order valence-electron chi connectivity index (χ3n) is 1.75. The number of halogens is 1. The van der Waals surface area contributed by atoms with E-state index in [0.29, 0.717) is 6.42 Å². The maximum Gasteiger partial charge on any atom is 0.227 e. The fourth-order valence-corrected chi connectivity index (χ4v) is 1.41. The lowest BCUT2D eigenvalue weighted by Gasteiger charge is -2.20. The van der Waals surface area contributed by atoms with Gasteiger partial charge in [-0.05, 0) is 20.8 Å². The van der Waals surface area contributed by atoms with E-state index in [1.165, 1.54) is 0 Å². The van der Waals surface area contributed by atoms with Crippen LogP contribution in [0, 0.1) is 5.92 Å². The zero-order valence-electron chi connectivity index (χ0n) is 7.65. The topological polar surface area (TPSA) is 29.1 Å². The molecule has 0 aromatic carbocycles. The largest absolute Gasteiger partial charge is 0.351 e. The van der Waals surface area contributed by atoms with Crippen molar-refractivity contribution in [1.82, 2.24) is 5.32 Å². The molecule has 4 heteroatoms. The molecule has 0 spiro atoms. The highest BCUT2D eigenvalue weighted by Gasteiger charge is 2.56. The molecule has 1 rings (SSSR count). The van der Waals surface area contributed by atoms with Gasteiger partial charge < -0.3 is 5.32 Å². The van der Waals surface area contributed by atoms with Crippen molar-refractivity contribution in [3.05, 3.63) is 0 Å². The standard InChI is InChI=1S/C8H15FNOP/c1-7(2,3)10-6(11)5-4-8(5,9)12/h5H,4,12H2,1-3H3,(H,10,11). The van der Waals surface area contributed by atoms with Crippen molar-refractivity contribution in [3.8, 4) is 0 Å². The third-order valence-corrected chi connectivity index (χ3v) is 2.39. The minimum Gasteiger partial charge on any atom is -0.351 e. The van der Waals surface area contributed by atoms with E-state index >= 15 is 0 Å². The first-order valence-electron chi connectivity index (χ1n) is 4.02. The first-order chi connectivity index (χ1) is 5.22. The van der Waals surface area contributed by atoms with Crippen molar-refractivity contribution in [1.29, 1.82) is 0 Å². The van der Waals surface area contributed by atoms with Crippen molar-refractivity contribution in [2.75, 3.05) is 0 Å². The van der Waals surface area contributed by atoms with Crippen molar-refractivity contribution in [2.24, 2.45) is 5.92 Å². The van der Waals surface area contributed by atoms with Crippen LogP contribution in [-0.4, -0.2) is 16.9 Å². The molecule has 0 saturated heterocycles. The van der Waals surface area contributed by atoms with Gasteiger partial charge in [-0.15, -0.1) is 0 Å². The van der Waals surface area contributed by atoms with Gasteiger partial charge >= 0.3 is 0 Å². The van der Waals surface area contributed by atoms with Crippen LogP contribution >= 0.6 is 9.24 Å². The van der Waals surface area contributed by atoms with E-state index in [4.69, 9.17) is 0 Å². The van der Waals surface area contributed by atoms with E-state index < -0.39 is 11.3 Å². The summed E-state index contributed by atoms with van der Waals surface area (Å²) in [6, 6.07) is 0. The molecule has 1 aliphatic carbocycles. The molecule has 0 aromatic heterocycles. The first kappa shape index (κ1) is 9.91. The van der Waals surface area contributed by atoms with Crippen LogP contribution in [0.2, 0.25) is 0 Å². The fraction of sp³-hybridized carbons (Fsp3) is 0.875. The molecule has 3 atom stereocenters. The Labute approximate surface area is 74.5 Å². The van der Waals surface area contributed by atoms with E-state index in [0.717, 1.165) is 0 Å². The SMILES string of the molecule is CC(C)(C)NC(=O)C1CC1(F)P. The molecule has 1 fully saturated rings. The van der Waals surface area contributed by atoms with Gasteiger partial charge in [0.1, 0.15) is 5.41 Å². The van der Waals surface area contributed by atoms with Crippen LogP contribution in [0.4, 0.5) is 4.39 Å². The molecule has 2 nitrogen and oxygen atoms in total. The number of hydrogen-bond donors (Lipinski definition) is 1. The highest BCUT2D eigenvalue weighted by Crippen LogP contribution is 2.52. The third kappa shape index (κ3) is 2.41. The lowest BCUT2D eigenvalue weighted by atomic mass is 10.1. The van der Waals surface area contributed by atoms with E-state index in [2.05, 4.69) is 14.6 Å². The molecular formula is C8H15FNOP. The molecule has 1 saturated carbocycles. The predicted molar refractivity (Wildman–Crippen MR) is 49.6 cm³/mol. The lowest BCUT2D eigenvalue weighted by Crippen LogP contribution is -2.42. The number of nitrogens with one attached hydrogen (secondary N) is 1. The molecule has 12 heavy (non-hydrogen) atoms. The Morgan fingerprint density at radius 3 is 2.33 bits per heavy atom. The van der Waals surface area contributed by atoms with Gasteiger partial charge in [0, 0.05) is 12.0 Å². The quantitative estimate of drug-likeness (QED) is 0.624. The normalized spacial score (nSPS) is 34.6. The second kappa shape index (κ2) is 2.66. The van der Waals surface area contributed by atoms with Crippen LogP contribution in [0.15, 0.2) is 0 Å². The van der Waals surface area contributed by atoms with Crippen LogP contribution < -0.4 is 5.32 Å². The number of amides is 1. The van der Waals surface area contributed by atoms with Gasteiger partial charge in [0.15, 0.2) is 0 Å². The van der Waals surface area contributed by atoms with Crippen LogP contribution in [0.1, 0.15) is 27.2 Å². The summed E-state index contributed by atoms with van der Waals surface area (Å²) in [5, 5.41) is 1.41. The van der Waals surface area contributed by atoms with Gasteiger partial charge in [-0.1, -0.05) is 9.24 Å². The minimum atomic E-state index is -1.34. The molecule has 1 N–H and O–H groups in total. The Kier molecular flexibility index (Phi) is 2.20. The molecule has 1 aliphatic rings. The summed E-state index contributed by atoms with van der Waals surface area (Å²) in [5.74, 6) is -0.637. The number of hydrogen-bond acceptors (Lipinski definition) is 1. The first-order valence-corrected chi connectivity index (χ1v) is 4.60. The van der Waals surface area contributed by atoms with E-state index in [-0.39, 0.29) is 11.4 Å². The monoisotopic (exact) mass is 191 g/mol. The summed E-state index contributed by atoms with van der Waals surface area (Å²) in [4.78, 5) is 11.3. The van der Waals surface area contributed by atoms with Gasteiger partial charge in [-0.25, -0.2) is 4.39 Å². The number of rotatable bonds is 1. The van der Waals surface area contributed by atoms with Crippen LogP contribution in [0.5, 0.6) is 0 Å². The fourth-order valence-electron chi connectivity index (χ4n) is 1.02. The molecule has 70 valence electrons. The van der Waals surface area contributed by atoms with Crippen LogP contribution in [0.3, 0.4) is 0 Å². The van der Waals surface area contributed by atoms with Crippen molar-refractivity contribution < 1.29 is 9.18 Å². The Morgan fingerprint density at radius 1 is 1.67 bits per heavy atom. The summed E-state index contributed by atoms with van der Waals surface area (Å²) in [5.41, 5.74) is -0.263. The maximum absolute atomic E-state index is 13.0. The molecule has 1 amide bonds. The van der Waals surface area contributed by atoms with Crippen molar-refractivity contribution >= 4 is 15.1 Å². The number of carbonyl (C=O) groups is 1. The summed E-state index contributed by atoms with van der Waals surface area (Å²) >= 11 is 0. The smallest absolute Gasteiger partial charge is 0.227 e. The second-order valence-corrected chi connectivity index (χ2v) is 5.38. The van der Waals surface area contributed by atoms with E-state index in [1.807, 2.05) is 20.8 Å². The van der Waals surface area contributed by atoms with E-state index in [1.54, 1.807) is 0 Å². The molecule has 0 aromatic rings. The van der Waals surface area contributed by atoms with Gasteiger partial charge in [0.05, 0.1) is 5.92 Å². The molecule has 0 aliphatic heterocycles.